The highest BCUT2D eigenvalue weighted by atomic mass is 127. The van der Waals surface area contributed by atoms with Gasteiger partial charge in [0.05, 0.1) is 13.7 Å². The monoisotopic (exact) mass is 450 g/mol. The molecule has 0 bridgehead atoms. The molecule has 0 saturated carbocycles. The lowest BCUT2D eigenvalue weighted by atomic mass is 10.3. The number of methoxy groups -OCH3 is 1. The third kappa shape index (κ3) is 8.58. The van der Waals surface area contributed by atoms with Crippen LogP contribution in [0, 0.1) is 0 Å². The first-order valence-corrected chi connectivity index (χ1v) is 8.03. The molecule has 1 rings (SSSR count). The minimum Gasteiger partial charge on any atom is -0.493 e. The second-order valence-electron chi connectivity index (χ2n) is 5.36. The van der Waals surface area contributed by atoms with Gasteiger partial charge in [0.15, 0.2) is 17.5 Å². The number of para-hydroxylation sites is 2. The van der Waals surface area contributed by atoms with E-state index in [9.17, 15) is 0 Å². The average Bonchev–Trinajstić information content (AvgIpc) is 2.58. The quantitative estimate of drug-likeness (QED) is 0.343. The van der Waals surface area contributed by atoms with Gasteiger partial charge in [0, 0.05) is 20.1 Å². The maximum Gasteiger partial charge on any atom is 0.191 e. The molecule has 0 fully saturated rings. The van der Waals surface area contributed by atoms with Crippen LogP contribution in [-0.4, -0.2) is 64.3 Å². The Morgan fingerprint density at radius 1 is 1.25 bits per heavy atom. The van der Waals surface area contributed by atoms with E-state index in [1.54, 1.807) is 14.2 Å². The van der Waals surface area contributed by atoms with Gasteiger partial charge in [0.1, 0.15) is 6.10 Å². The summed E-state index contributed by atoms with van der Waals surface area (Å²) in [7, 11) is 5.51. The van der Waals surface area contributed by atoms with E-state index in [2.05, 4.69) is 34.5 Å². The van der Waals surface area contributed by atoms with Gasteiger partial charge in [-0.05, 0) is 32.6 Å². The van der Waals surface area contributed by atoms with E-state index in [1.165, 1.54) is 0 Å². The number of halogens is 1. The molecule has 0 aliphatic rings. The SMILES string of the molecule is CCN(C)CCNC(=NC)NCC(C)Oc1ccccc1OC.I. The number of rotatable bonds is 9. The highest BCUT2D eigenvalue weighted by molar-refractivity contribution is 14.0. The Bertz CT molecular complexity index is 485. The Morgan fingerprint density at radius 2 is 1.92 bits per heavy atom. The first kappa shape index (κ1) is 22.8. The summed E-state index contributed by atoms with van der Waals surface area (Å²) in [5, 5.41) is 6.57. The van der Waals surface area contributed by atoms with Gasteiger partial charge in [-0.25, -0.2) is 0 Å². The van der Waals surface area contributed by atoms with Crippen molar-refractivity contribution in [1.29, 1.82) is 0 Å². The normalized spacial score (nSPS) is 12.3. The molecule has 0 aromatic heterocycles. The first-order chi connectivity index (χ1) is 11.1. The lowest BCUT2D eigenvalue weighted by molar-refractivity contribution is 0.213. The van der Waals surface area contributed by atoms with Crippen LogP contribution in [-0.2, 0) is 0 Å². The summed E-state index contributed by atoms with van der Waals surface area (Å²) in [6.45, 7) is 7.68. The number of hydrogen-bond acceptors (Lipinski definition) is 4. The van der Waals surface area contributed by atoms with Crippen LogP contribution in [0.25, 0.3) is 0 Å². The van der Waals surface area contributed by atoms with Crippen LogP contribution in [0.4, 0.5) is 0 Å². The topological polar surface area (TPSA) is 58.1 Å². The Balaban J connectivity index is 0.00000529. The van der Waals surface area contributed by atoms with Crippen LogP contribution in [0.2, 0.25) is 0 Å². The largest absolute Gasteiger partial charge is 0.493 e. The number of aliphatic imine (C=N–C) groups is 1. The maximum atomic E-state index is 5.91. The van der Waals surface area contributed by atoms with Crippen molar-refractivity contribution in [1.82, 2.24) is 15.5 Å². The molecule has 0 spiro atoms. The Labute approximate surface area is 163 Å². The van der Waals surface area contributed by atoms with E-state index in [-0.39, 0.29) is 30.1 Å². The molecule has 2 N–H and O–H groups in total. The summed E-state index contributed by atoms with van der Waals surface area (Å²) in [5.41, 5.74) is 0. The van der Waals surface area contributed by atoms with E-state index < -0.39 is 0 Å². The van der Waals surface area contributed by atoms with Crippen LogP contribution in [0.5, 0.6) is 11.5 Å². The summed E-state index contributed by atoms with van der Waals surface area (Å²) >= 11 is 0. The summed E-state index contributed by atoms with van der Waals surface area (Å²) in [4.78, 5) is 6.46. The van der Waals surface area contributed by atoms with E-state index in [4.69, 9.17) is 9.47 Å². The fraction of sp³-hybridized carbons (Fsp3) is 0.588. The third-order valence-corrected chi connectivity index (χ3v) is 3.50. The zero-order valence-electron chi connectivity index (χ0n) is 15.3. The summed E-state index contributed by atoms with van der Waals surface area (Å²) < 4.78 is 11.2. The van der Waals surface area contributed by atoms with Gasteiger partial charge in [0.25, 0.3) is 0 Å². The second-order valence-corrected chi connectivity index (χ2v) is 5.36. The standard InChI is InChI=1S/C17H30N4O2.HI/c1-6-21(4)12-11-19-17(18-3)20-13-14(2)23-16-10-8-7-9-15(16)22-5;/h7-10,14H,6,11-13H2,1-5H3,(H2,18,19,20);1H. The Kier molecular flexibility index (Phi) is 12.4. The molecule has 0 aliphatic heterocycles. The van der Waals surface area contributed by atoms with E-state index in [1.807, 2.05) is 31.2 Å². The molecule has 138 valence electrons. The van der Waals surface area contributed by atoms with Crippen molar-refractivity contribution in [3.8, 4) is 11.5 Å². The van der Waals surface area contributed by atoms with Gasteiger partial charge in [0.2, 0.25) is 0 Å². The van der Waals surface area contributed by atoms with Crippen molar-refractivity contribution >= 4 is 29.9 Å². The Hall–Kier alpha value is -1.22. The molecule has 0 radical (unpaired) electrons. The molecular weight excluding hydrogens is 419 g/mol. The highest BCUT2D eigenvalue weighted by Crippen LogP contribution is 2.26. The minimum atomic E-state index is -0.0110. The van der Waals surface area contributed by atoms with Crippen LogP contribution < -0.4 is 20.1 Å². The molecule has 1 aromatic carbocycles. The predicted octanol–water partition coefficient (Wildman–Crippen LogP) is 2.20. The van der Waals surface area contributed by atoms with Crippen LogP contribution in [0.3, 0.4) is 0 Å². The summed E-state index contributed by atoms with van der Waals surface area (Å²) in [6.07, 6.45) is -0.0110. The number of likely N-dealkylation sites (N-methyl/N-ethyl adjacent to an activating group) is 1. The molecule has 7 heteroatoms. The van der Waals surface area contributed by atoms with Gasteiger partial charge < -0.3 is 25.0 Å². The van der Waals surface area contributed by atoms with E-state index in [0.29, 0.717) is 6.54 Å². The molecule has 1 unspecified atom stereocenters. The lowest BCUT2D eigenvalue weighted by Gasteiger charge is -2.20. The van der Waals surface area contributed by atoms with Crippen molar-refractivity contribution in [3.63, 3.8) is 0 Å². The zero-order chi connectivity index (χ0) is 17.1. The van der Waals surface area contributed by atoms with Crippen LogP contribution in [0.15, 0.2) is 29.3 Å². The van der Waals surface area contributed by atoms with Gasteiger partial charge >= 0.3 is 0 Å². The first-order valence-electron chi connectivity index (χ1n) is 8.03. The third-order valence-electron chi connectivity index (χ3n) is 3.50. The molecule has 0 aliphatic carbocycles. The smallest absolute Gasteiger partial charge is 0.191 e. The molecular formula is C17H31IN4O2. The van der Waals surface area contributed by atoms with Gasteiger partial charge in [-0.3, -0.25) is 4.99 Å². The number of hydrogen-bond donors (Lipinski definition) is 2. The van der Waals surface area contributed by atoms with E-state index in [0.717, 1.165) is 37.1 Å². The van der Waals surface area contributed by atoms with Crippen molar-refractivity contribution in [2.45, 2.75) is 20.0 Å². The number of nitrogens with zero attached hydrogens (tertiary/aromatic N) is 2. The number of benzene rings is 1. The number of guanidine groups is 1. The number of ether oxygens (including phenoxy) is 2. The number of nitrogens with one attached hydrogen (secondary N) is 2. The van der Waals surface area contributed by atoms with Crippen LogP contribution >= 0.6 is 24.0 Å². The summed E-state index contributed by atoms with van der Waals surface area (Å²) in [6, 6.07) is 7.65. The van der Waals surface area contributed by atoms with Crippen molar-refractivity contribution in [2.24, 2.45) is 4.99 Å². The van der Waals surface area contributed by atoms with Gasteiger partial charge in [-0.15, -0.1) is 24.0 Å². The molecule has 24 heavy (non-hydrogen) atoms. The van der Waals surface area contributed by atoms with Gasteiger partial charge in [-0.2, -0.15) is 0 Å². The fourth-order valence-electron chi connectivity index (χ4n) is 1.96. The molecule has 0 heterocycles. The lowest BCUT2D eigenvalue weighted by Crippen LogP contribution is -2.44. The molecule has 6 nitrogen and oxygen atoms in total. The average molecular weight is 450 g/mol. The minimum absolute atomic E-state index is 0. The Morgan fingerprint density at radius 3 is 2.50 bits per heavy atom. The van der Waals surface area contributed by atoms with Crippen molar-refractivity contribution in [3.05, 3.63) is 24.3 Å². The molecule has 0 saturated heterocycles. The molecule has 1 aromatic rings. The zero-order valence-corrected chi connectivity index (χ0v) is 17.7. The second kappa shape index (κ2) is 13.1. The molecule has 1 atom stereocenters. The van der Waals surface area contributed by atoms with Gasteiger partial charge in [-0.1, -0.05) is 19.1 Å². The maximum absolute atomic E-state index is 5.91. The van der Waals surface area contributed by atoms with Crippen molar-refractivity contribution in [2.75, 3.05) is 47.4 Å². The predicted molar refractivity (Wildman–Crippen MR) is 111 cm³/mol. The van der Waals surface area contributed by atoms with Crippen molar-refractivity contribution < 1.29 is 9.47 Å². The van der Waals surface area contributed by atoms with E-state index >= 15 is 0 Å². The summed E-state index contributed by atoms with van der Waals surface area (Å²) in [5.74, 6) is 2.27. The fourth-order valence-corrected chi connectivity index (χ4v) is 1.96. The highest BCUT2D eigenvalue weighted by Gasteiger charge is 2.09. The molecule has 0 amide bonds. The van der Waals surface area contributed by atoms with Crippen LogP contribution in [0.1, 0.15) is 13.8 Å².